The van der Waals surface area contributed by atoms with Crippen molar-refractivity contribution in [3.8, 4) is 5.69 Å². The highest BCUT2D eigenvalue weighted by molar-refractivity contribution is 6.30. The second kappa shape index (κ2) is 6.65. The van der Waals surface area contributed by atoms with Crippen molar-refractivity contribution < 1.29 is 9.59 Å². The molecule has 2 heterocycles. The number of piperazine rings is 1. The lowest BCUT2D eigenvalue weighted by Crippen LogP contribution is -2.50. The van der Waals surface area contributed by atoms with Crippen LogP contribution in [-0.2, 0) is 4.79 Å². The number of carbonyl (C=O) groups is 2. The molecule has 0 spiro atoms. The largest absolute Gasteiger partial charge is 0.339 e. The van der Waals surface area contributed by atoms with Crippen LogP contribution in [0.1, 0.15) is 23.1 Å². The summed E-state index contributed by atoms with van der Waals surface area (Å²) in [6, 6.07) is 9.10. The van der Waals surface area contributed by atoms with Gasteiger partial charge in [-0.05, 0) is 37.3 Å². The number of aryl methyl sites for hydroxylation is 1. The van der Waals surface area contributed by atoms with E-state index >= 15 is 0 Å². The van der Waals surface area contributed by atoms with Gasteiger partial charge in [0.05, 0.1) is 5.69 Å². The number of halogens is 1. The summed E-state index contributed by atoms with van der Waals surface area (Å²) in [5.41, 5.74) is 2.15. The number of hydrogen-bond donors (Lipinski definition) is 0. The molecule has 0 bridgehead atoms. The molecule has 0 N–H and O–H groups in total. The number of amides is 2. The molecule has 0 atom stereocenters. The topological polar surface area (TPSA) is 58.4 Å². The van der Waals surface area contributed by atoms with E-state index in [1.807, 2.05) is 19.1 Å². The highest BCUT2D eigenvalue weighted by atomic mass is 35.5. The average Bonchev–Trinajstić information content (AvgIpc) is 2.97. The van der Waals surface area contributed by atoms with Crippen LogP contribution in [0.3, 0.4) is 0 Å². The highest BCUT2D eigenvalue weighted by Gasteiger charge is 2.25. The third-order valence-corrected chi connectivity index (χ3v) is 4.44. The molecule has 1 aromatic carbocycles. The quantitative estimate of drug-likeness (QED) is 0.837. The van der Waals surface area contributed by atoms with Crippen molar-refractivity contribution in [1.29, 1.82) is 0 Å². The van der Waals surface area contributed by atoms with Crippen LogP contribution in [0.15, 0.2) is 30.3 Å². The van der Waals surface area contributed by atoms with E-state index in [4.69, 9.17) is 11.6 Å². The summed E-state index contributed by atoms with van der Waals surface area (Å²) in [5.74, 6) is -0.0565. The van der Waals surface area contributed by atoms with Gasteiger partial charge >= 0.3 is 0 Å². The lowest BCUT2D eigenvalue weighted by atomic mass is 10.2. The lowest BCUT2D eigenvalue weighted by molar-refractivity contribution is -0.130. The zero-order valence-corrected chi connectivity index (χ0v) is 14.5. The molecule has 7 heteroatoms. The van der Waals surface area contributed by atoms with Crippen molar-refractivity contribution in [2.45, 2.75) is 13.8 Å². The van der Waals surface area contributed by atoms with Gasteiger partial charge in [-0.3, -0.25) is 9.59 Å². The van der Waals surface area contributed by atoms with E-state index in [2.05, 4.69) is 5.10 Å². The van der Waals surface area contributed by atoms with Gasteiger partial charge < -0.3 is 9.80 Å². The van der Waals surface area contributed by atoms with Crippen LogP contribution in [0.25, 0.3) is 5.69 Å². The van der Waals surface area contributed by atoms with Crippen LogP contribution in [-0.4, -0.2) is 57.6 Å². The third kappa shape index (κ3) is 3.28. The molecule has 0 unspecified atom stereocenters. The van der Waals surface area contributed by atoms with E-state index in [1.165, 1.54) is 0 Å². The van der Waals surface area contributed by atoms with E-state index in [0.717, 1.165) is 11.4 Å². The fourth-order valence-electron chi connectivity index (χ4n) is 2.81. The number of aromatic nitrogens is 2. The molecule has 1 saturated heterocycles. The predicted molar refractivity (Wildman–Crippen MR) is 91.5 cm³/mol. The third-order valence-electron chi connectivity index (χ3n) is 4.19. The molecular formula is C17H19ClN4O2. The lowest BCUT2D eigenvalue weighted by Gasteiger charge is -2.33. The number of hydrogen-bond acceptors (Lipinski definition) is 3. The Morgan fingerprint density at radius 3 is 2.21 bits per heavy atom. The first-order valence-electron chi connectivity index (χ1n) is 7.83. The Morgan fingerprint density at radius 2 is 1.62 bits per heavy atom. The predicted octanol–water partition coefficient (Wildman–Crippen LogP) is 2.14. The maximum absolute atomic E-state index is 12.7. The van der Waals surface area contributed by atoms with Crippen LogP contribution < -0.4 is 0 Å². The fraction of sp³-hybridized carbons (Fsp3) is 0.353. The first-order valence-corrected chi connectivity index (χ1v) is 8.21. The van der Waals surface area contributed by atoms with Crippen molar-refractivity contribution in [2.75, 3.05) is 26.2 Å². The van der Waals surface area contributed by atoms with Gasteiger partial charge in [-0.15, -0.1) is 0 Å². The Labute approximate surface area is 145 Å². The van der Waals surface area contributed by atoms with Gasteiger partial charge in [0.1, 0.15) is 0 Å². The number of rotatable bonds is 2. The van der Waals surface area contributed by atoms with Gasteiger partial charge in [0, 0.05) is 43.8 Å². The van der Waals surface area contributed by atoms with Crippen molar-refractivity contribution >= 4 is 23.4 Å². The normalized spacial score (nSPS) is 14.8. The molecule has 2 amide bonds. The highest BCUT2D eigenvalue weighted by Crippen LogP contribution is 2.17. The van der Waals surface area contributed by atoms with Crippen molar-refractivity contribution in [3.63, 3.8) is 0 Å². The molecule has 1 aliphatic heterocycles. The second-order valence-corrected chi connectivity index (χ2v) is 6.29. The Morgan fingerprint density at radius 1 is 1.04 bits per heavy atom. The van der Waals surface area contributed by atoms with E-state index in [9.17, 15) is 9.59 Å². The van der Waals surface area contributed by atoms with Gasteiger partial charge in [-0.2, -0.15) is 5.10 Å². The van der Waals surface area contributed by atoms with Crippen LogP contribution in [0, 0.1) is 6.92 Å². The Hall–Kier alpha value is -2.34. The molecule has 1 aliphatic rings. The maximum atomic E-state index is 12.7. The van der Waals surface area contributed by atoms with Crippen molar-refractivity contribution in [3.05, 3.63) is 46.7 Å². The number of nitrogens with zero attached hydrogens (tertiary/aromatic N) is 4. The van der Waals surface area contributed by atoms with E-state index in [1.54, 1.807) is 39.6 Å². The van der Waals surface area contributed by atoms with Gasteiger partial charge in [-0.1, -0.05) is 11.6 Å². The summed E-state index contributed by atoms with van der Waals surface area (Å²) in [6.07, 6.45) is 0. The summed E-state index contributed by atoms with van der Waals surface area (Å²) >= 11 is 5.91. The second-order valence-electron chi connectivity index (χ2n) is 5.86. The summed E-state index contributed by atoms with van der Waals surface area (Å²) < 4.78 is 1.73. The van der Waals surface area contributed by atoms with Gasteiger partial charge in [0.2, 0.25) is 5.91 Å². The molecule has 0 saturated carbocycles. The first kappa shape index (κ1) is 16.5. The van der Waals surface area contributed by atoms with E-state index in [0.29, 0.717) is 36.9 Å². The van der Waals surface area contributed by atoms with Crippen molar-refractivity contribution in [2.24, 2.45) is 0 Å². The molecule has 0 radical (unpaired) electrons. The van der Waals surface area contributed by atoms with Crippen LogP contribution in [0.4, 0.5) is 0 Å². The molecule has 3 rings (SSSR count). The minimum atomic E-state index is -0.103. The number of carbonyl (C=O) groups excluding carboxylic acids is 2. The Balaban J connectivity index is 1.76. The van der Waals surface area contributed by atoms with Crippen LogP contribution >= 0.6 is 11.6 Å². The van der Waals surface area contributed by atoms with E-state index < -0.39 is 0 Å². The SMILES string of the molecule is CC(=O)N1CCN(C(=O)c2cc(C)n(-c3ccc(Cl)cc3)n2)CC1. The first-order chi connectivity index (χ1) is 11.5. The zero-order valence-electron chi connectivity index (χ0n) is 13.7. The van der Waals surface area contributed by atoms with E-state index in [-0.39, 0.29) is 11.8 Å². The average molecular weight is 347 g/mol. The fourth-order valence-corrected chi connectivity index (χ4v) is 2.94. The summed E-state index contributed by atoms with van der Waals surface area (Å²) in [4.78, 5) is 27.5. The monoisotopic (exact) mass is 346 g/mol. The molecule has 126 valence electrons. The molecule has 6 nitrogen and oxygen atoms in total. The van der Waals surface area contributed by atoms with Gasteiger partial charge in [-0.25, -0.2) is 4.68 Å². The Bertz CT molecular complexity index is 761. The molecule has 1 aromatic heterocycles. The van der Waals surface area contributed by atoms with Crippen LogP contribution in [0.2, 0.25) is 5.02 Å². The summed E-state index contributed by atoms with van der Waals surface area (Å²) in [6.45, 7) is 5.66. The molecular weight excluding hydrogens is 328 g/mol. The maximum Gasteiger partial charge on any atom is 0.274 e. The van der Waals surface area contributed by atoms with Crippen LogP contribution in [0.5, 0.6) is 0 Å². The molecule has 24 heavy (non-hydrogen) atoms. The minimum Gasteiger partial charge on any atom is -0.339 e. The van der Waals surface area contributed by atoms with Gasteiger partial charge in [0.25, 0.3) is 5.91 Å². The Kier molecular flexibility index (Phi) is 4.57. The minimum absolute atomic E-state index is 0.0463. The smallest absolute Gasteiger partial charge is 0.274 e. The molecule has 1 fully saturated rings. The van der Waals surface area contributed by atoms with Crippen molar-refractivity contribution in [1.82, 2.24) is 19.6 Å². The summed E-state index contributed by atoms with van der Waals surface area (Å²) in [7, 11) is 0. The summed E-state index contributed by atoms with van der Waals surface area (Å²) in [5, 5.41) is 5.10. The number of benzene rings is 1. The zero-order chi connectivity index (χ0) is 17.3. The standard InChI is InChI=1S/C17H19ClN4O2/c1-12-11-16(19-22(12)15-5-3-14(18)4-6-15)17(24)21-9-7-20(8-10-21)13(2)23/h3-6,11H,7-10H2,1-2H3. The molecule has 0 aliphatic carbocycles. The molecule has 2 aromatic rings. The van der Waals surface area contributed by atoms with Gasteiger partial charge in [0.15, 0.2) is 5.69 Å².